The molecule has 2 aromatic carbocycles. The lowest BCUT2D eigenvalue weighted by Crippen LogP contribution is -2.18. The predicted molar refractivity (Wildman–Crippen MR) is 80.6 cm³/mol. The van der Waals surface area contributed by atoms with E-state index in [0.717, 1.165) is 11.3 Å². The topological polar surface area (TPSA) is 55.4 Å². The third kappa shape index (κ3) is 4.76. The average Bonchev–Trinajstić information content (AvgIpc) is 2.48. The lowest BCUT2D eigenvalue weighted by molar-refractivity contribution is -0.158. The van der Waals surface area contributed by atoms with Crippen LogP contribution in [0.5, 0.6) is 0 Å². The van der Waals surface area contributed by atoms with Crippen LogP contribution in [0.25, 0.3) is 0 Å². The Balaban J connectivity index is 2.15. The number of hydrogen-bond acceptors (Lipinski definition) is 4. The standard InChI is InChI=1S/C17H17NO3/c1-13(19)21-17(20)12-16(14-8-4-2-5-9-14)18-15-10-6-3-7-11-15/h2-11,16,18H,12H2,1H3. The number of hydrogen-bond donors (Lipinski definition) is 1. The summed E-state index contributed by atoms with van der Waals surface area (Å²) in [5.41, 5.74) is 1.86. The molecule has 1 unspecified atom stereocenters. The first kappa shape index (κ1) is 14.8. The van der Waals surface area contributed by atoms with Crippen molar-refractivity contribution < 1.29 is 14.3 Å². The summed E-state index contributed by atoms with van der Waals surface area (Å²) >= 11 is 0. The molecule has 0 bridgehead atoms. The maximum atomic E-state index is 11.7. The van der Waals surface area contributed by atoms with Crippen molar-refractivity contribution in [3.8, 4) is 0 Å². The lowest BCUT2D eigenvalue weighted by atomic mass is 10.0. The number of ether oxygens (including phenoxy) is 1. The van der Waals surface area contributed by atoms with Crippen molar-refractivity contribution in [1.82, 2.24) is 0 Å². The highest BCUT2D eigenvalue weighted by Gasteiger charge is 2.18. The van der Waals surface area contributed by atoms with Crippen LogP contribution in [0.1, 0.15) is 24.9 Å². The van der Waals surface area contributed by atoms with E-state index in [0.29, 0.717) is 0 Å². The number of benzene rings is 2. The molecule has 0 radical (unpaired) electrons. The number of nitrogens with one attached hydrogen (secondary N) is 1. The van der Waals surface area contributed by atoms with Gasteiger partial charge in [-0.15, -0.1) is 0 Å². The lowest BCUT2D eigenvalue weighted by Gasteiger charge is -2.19. The van der Waals surface area contributed by atoms with Gasteiger partial charge in [0.1, 0.15) is 0 Å². The number of carbonyl (C=O) groups is 2. The molecule has 2 rings (SSSR count). The summed E-state index contributed by atoms with van der Waals surface area (Å²) in [4.78, 5) is 22.6. The van der Waals surface area contributed by atoms with Gasteiger partial charge in [0, 0.05) is 12.6 Å². The van der Waals surface area contributed by atoms with E-state index in [2.05, 4.69) is 10.1 Å². The van der Waals surface area contributed by atoms with Gasteiger partial charge in [-0.2, -0.15) is 0 Å². The molecule has 0 aliphatic rings. The van der Waals surface area contributed by atoms with E-state index in [1.54, 1.807) is 0 Å². The van der Waals surface area contributed by atoms with Crippen LogP contribution in [0.2, 0.25) is 0 Å². The number of rotatable bonds is 5. The molecule has 0 spiro atoms. The van der Waals surface area contributed by atoms with Crippen molar-refractivity contribution in [3.05, 3.63) is 66.2 Å². The van der Waals surface area contributed by atoms with Crippen LogP contribution in [0.15, 0.2) is 60.7 Å². The second-order valence-electron chi connectivity index (χ2n) is 4.64. The van der Waals surface area contributed by atoms with Crippen molar-refractivity contribution in [2.45, 2.75) is 19.4 Å². The van der Waals surface area contributed by atoms with E-state index in [-0.39, 0.29) is 12.5 Å². The molecule has 2 aromatic rings. The van der Waals surface area contributed by atoms with E-state index in [9.17, 15) is 9.59 Å². The van der Waals surface area contributed by atoms with Crippen LogP contribution in [0, 0.1) is 0 Å². The summed E-state index contributed by atoms with van der Waals surface area (Å²) < 4.78 is 4.62. The van der Waals surface area contributed by atoms with E-state index in [1.807, 2.05) is 60.7 Å². The summed E-state index contributed by atoms with van der Waals surface area (Å²) in [6.07, 6.45) is 0.0818. The molecule has 0 fully saturated rings. The Labute approximate surface area is 123 Å². The van der Waals surface area contributed by atoms with Crippen molar-refractivity contribution in [3.63, 3.8) is 0 Å². The fourth-order valence-corrected chi connectivity index (χ4v) is 2.04. The fraction of sp³-hybridized carbons (Fsp3) is 0.176. The SMILES string of the molecule is CC(=O)OC(=O)CC(Nc1ccccc1)c1ccccc1. The summed E-state index contributed by atoms with van der Waals surface area (Å²) in [5.74, 6) is -1.13. The number of para-hydroxylation sites is 1. The molecule has 0 amide bonds. The van der Waals surface area contributed by atoms with Crippen LogP contribution in [-0.4, -0.2) is 11.9 Å². The molecule has 0 aliphatic carbocycles. The first-order chi connectivity index (χ1) is 10.1. The van der Waals surface area contributed by atoms with Crippen molar-refractivity contribution >= 4 is 17.6 Å². The molecule has 0 aliphatic heterocycles. The minimum absolute atomic E-state index is 0.0818. The molecule has 4 heteroatoms. The third-order valence-corrected chi connectivity index (χ3v) is 2.94. The quantitative estimate of drug-likeness (QED) is 0.675. The van der Waals surface area contributed by atoms with Gasteiger partial charge in [-0.05, 0) is 17.7 Å². The maximum absolute atomic E-state index is 11.7. The van der Waals surface area contributed by atoms with Crippen LogP contribution >= 0.6 is 0 Å². The van der Waals surface area contributed by atoms with E-state index in [4.69, 9.17) is 0 Å². The smallest absolute Gasteiger partial charge is 0.315 e. The summed E-state index contributed by atoms with van der Waals surface area (Å²) in [7, 11) is 0. The van der Waals surface area contributed by atoms with Crippen molar-refractivity contribution in [1.29, 1.82) is 0 Å². The fourth-order valence-electron chi connectivity index (χ4n) is 2.04. The molecular formula is C17H17NO3. The Morgan fingerprint density at radius 1 is 1.00 bits per heavy atom. The molecule has 0 saturated carbocycles. The van der Waals surface area contributed by atoms with E-state index >= 15 is 0 Å². The van der Waals surface area contributed by atoms with Gasteiger partial charge < -0.3 is 10.1 Å². The molecule has 0 aromatic heterocycles. The van der Waals surface area contributed by atoms with Gasteiger partial charge in [0.25, 0.3) is 0 Å². The highest BCUT2D eigenvalue weighted by atomic mass is 16.6. The second-order valence-corrected chi connectivity index (χ2v) is 4.64. The zero-order chi connectivity index (χ0) is 15.1. The minimum Gasteiger partial charge on any atom is -0.393 e. The van der Waals surface area contributed by atoms with Crippen LogP contribution in [0.4, 0.5) is 5.69 Å². The van der Waals surface area contributed by atoms with Crippen LogP contribution in [-0.2, 0) is 14.3 Å². The summed E-state index contributed by atoms with van der Waals surface area (Å²) in [5, 5.41) is 3.29. The van der Waals surface area contributed by atoms with Crippen LogP contribution < -0.4 is 5.32 Å². The normalized spacial score (nSPS) is 11.5. The van der Waals surface area contributed by atoms with Gasteiger partial charge in [-0.1, -0.05) is 48.5 Å². The molecule has 0 heterocycles. The molecule has 1 N–H and O–H groups in total. The van der Waals surface area contributed by atoms with Gasteiger partial charge in [0.05, 0.1) is 12.5 Å². The van der Waals surface area contributed by atoms with Crippen molar-refractivity contribution in [2.75, 3.05) is 5.32 Å². The molecule has 108 valence electrons. The Hall–Kier alpha value is -2.62. The largest absolute Gasteiger partial charge is 0.393 e. The van der Waals surface area contributed by atoms with Gasteiger partial charge in [-0.25, -0.2) is 0 Å². The summed E-state index contributed by atoms with van der Waals surface area (Å²) in [6.45, 7) is 1.22. The third-order valence-electron chi connectivity index (χ3n) is 2.94. The molecule has 1 atom stereocenters. The second kappa shape index (κ2) is 7.24. The van der Waals surface area contributed by atoms with Gasteiger partial charge in [0.15, 0.2) is 0 Å². The monoisotopic (exact) mass is 283 g/mol. The first-order valence-electron chi connectivity index (χ1n) is 6.73. The summed E-state index contributed by atoms with van der Waals surface area (Å²) in [6, 6.07) is 18.9. The highest BCUT2D eigenvalue weighted by molar-refractivity contribution is 5.84. The zero-order valence-electron chi connectivity index (χ0n) is 11.8. The maximum Gasteiger partial charge on any atom is 0.315 e. The average molecular weight is 283 g/mol. The Kier molecular flexibility index (Phi) is 5.10. The molecule has 4 nitrogen and oxygen atoms in total. The zero-order valence-corrected chi connectivity index (χ0v) is 11.8. The Morgan fingerprint density at radius 3 is 2.14 bits per heavy atom. The van der Waals surface area contributed by atoms with E-state index < -0.39 is 11.9 Å². The number of carbonyl (C=O) groups excluding carboxylic acids is 2. The number of anilines is 1. The highest BCUT2D eigenvalue weighted by Crippen LogP contribution is 2.23. The predicted octanol–water partition coefficient (Wildman–Crippen LogP) is 3.32. The Bertz CT molecular complexity index is 596. The van der Waals surface area contributed by atoms with Gasteiger partial charge >= 0.3 is 11.9 Å². The minimum atomic E-state index is -0.591. The van der Waals surface area contributed by atoms with Crippen molar-refractivity contribution in [2.24, 2.45) is 0 Å². The molecule has 21 heavy (non-hydrogen) atoms. The molecule has 0 saturated heterocycles. The first-order valence-corrected chi connectivity index (χ1v) is 6.73. The Morgan fingerprint density at radius 2 is 1.57 bits per heavy atom. The van der Waals surface area contributed by atoms with Crippen LogP contribution in [0.3, 0.4) is 0 Å². The van der Waals surface area contributed by atoms with Gasteiger partial charge in [-0.3, -0.25) is 9.59 Å². The van der Waals surface area contributed by atoms with Gasteiger partial charge in [0.2, 0.25) is 0 Å². The number of esters is 2. The van der Waals surface area contributed by atoms with E-state index in [1.165, 1.54) is 6.92 Å². The molecular weight excluding hydrogens is 266 g/mol.